The SMILES string of the molecule is CC/C=C(/C=C\N=C(C)N)COc1ccc(C(C)(C)c2cc(Cl)c(OCC(=O)Nc3ccc4c(c3)CN(C3CCC(=O)NC3=O)C4=O)c(C#N)c2)cc1. The lowest BCUT2D eigenvalue weighted by atomic mass is 9.77. The highest BCUT2D eigenvalue weighted by atomic mass is 35.5. The molecule has 2 aliphatic heterocycles. The number of hydrogen-bond donors (Lipinski definition) is 3. The van der Waals surface area contributed by atoms with Crippen LogP contribution in [0.25, 0.3) is 0 Å². The monoisotopic (exact) mass is 736 g/mol. The van der Waals surface area contributed by atoms with Crippen LogP contribution in [0.1, 0.15) is 79.6 Å². The number of nitrogens with two attached hydrogens (primary N) is 1. The van der Waals surface area contributed by atoms with E-state index < -0.39 is 29.9 Å². The Bertz CT molecular complexity index is 2060. The van der Waals surface area contributed by atoms with Gasteiger partial charge in [-0.15, -0.1) is 0 Å². The fraction of sp³-hybridized carbons (Fsp3) is 0.300. The van der Waals surface area contributed by atoms with Crippen LogP contribution < -0.4 is 25.8 Å². The Kier molecular flexibility index (Phi) is 12.0. The quantitative estimate of drug-likeness (QED) is 0.0838. The van der Waals surface area contributed by atoms with Crippen LogP contribution in [0.4, 0.5) is 5.69 Å². The first kappa shape index (κ1) is 38.3. The van der Waals surface area contributed by atoms with Crippen LogP contribution in [0.5, 0.6) is 11.5 Å². The number of amidine groups is 1. The van der Waals surface area contributed by atoms with Crippen LogP contribution in [0.3, 0.4) is 0 Å². The molecular formula is C40H41ClN6O6. The molecule has 5 rings (SSSR count). The van der Waals surface area contributed by atoms with E-state index in [9.17, 15) is 24.4 Å². The molecule has 0 radical (unpaired) electrons. The number of aliphatic imine (C=N–C) groups is 1. The van der Waals surface area contributed by atoms with Gasteiger partial charge in [-0.25, -0.2) is 4.99 Å². The Balaban J connectivity index is 1.21. The molecule has 1 saturated heterocycles. The van der Waals surface area contributed by atoms with Gasteiger partial charge in [-0.05, 0) is 90.6 Å². The summed E-state index contributed by atoms with van der Waals surface area (Å²) in [6, 6.07) is 17.4. The normalized spacial score (nSPS) is 16.3. The van der Waals surface area contributed by atoms with E-state index >= 15 is 0 Å². The first-order chi connectivity index (χ1) is 25.3. The molecule has 2 heterocycles. The highest BCUT2D eigenvalue weighted by Gasteiger charge is 2.39. The number of allylic oxidation sites excluding steroid dienone is 1. The van der Waals surface area contributed by atoms with Gasteiger partial charge in [0.2, 0.25) is 11.8 Å². The van der Waals surface area contributed by atoms with Crippen molar-refractivity contribution in [1.82, 2.24) is 10.2 Å². The third-order valence-corrected chi connectivity index (χ3v) is 9.34. The van der Waals surface area contributed by atoms with E-state index in [0.717, 1.165) is 23.1 Å². The van der Waals surface area contributed by atoms with Gasteiger partial charge in [-0.3, -0.25) is 24.5 Å². The zero-order chi connectivity index (χ0) is 38.3. The van der Waals surface area contributed by atoms with Crippen molar-refractivity contribution in [2.24, 2.45) is 10.7 Å². The number of hydrogen-bond acceptors (Lipinski definition) is 8. The molecule has 274 valence electrons. The molecule has 0 spiro atoms. The highest BCUT2D eigenvalue weighted by molar-refractivity contribution is 6.32. The van der Waals surface area contributed by atoms with E-state index in [2.05, 4.69) is 27.8 Å². The number of imide groups is 1. The molecule has 13 heteroatoms. The molecule has 2 aliphatic rings. The van der Waals surface area contributed by atoms with Crippen molar-refractivity contribution < 1.29 is 28.7 Å². The molecule has 0 aromatic heterocycles. The second-order valence-corrected chi connectivity index (χ2v) is 13.7. The molecule has 3 aromatic carbocycles. The second-order valence-electron chi connectivity index (χ2n) is 13.3. The van der Waals surface area contributed by atoms with E-state index in [-0.39, 0.29) is 47.5 Å². The molecule has 53 heavy (non-hydrogen) atoms. The van der Waals surface area contributed by atoms with Gasteiger partial charge in [-0.2, -0.15) is 5.26 Å². The maximum Gasteiger partial charge on any atom is 0.262 e. The van der Waals surface area contributed by atoms with Crippen molar-refractivity contribution >= 4 is 46.8 Å². The summed E-state index contributed by atoms with van der Waals surface area (Å²) in [5.41, 5.74) is 9.44. The Morgan fingerprint density at radius 1 is 1.11 bits per heavy atom. The number of nitriles is 1. The van der Waals surface area contributed by atoms with Gasteiger partial charge in [0.1, 0.15) is 24.5 Å². The summed E-state index contributed by atoms with van der Waals surface area (Å²) >= 11 is 6.66. The molecule has 12 nitrogen and oxygen atoms in total. The number of anilines is 1. The minimum absolute atomic E-state index is 0.0874. The minimum atomic E-state index is -0.738. The van der Waals surface area contributed by atoms with Gasteiger partial charge in [0.05, 0.1) is 16.4 Å². The van der Waals surface area contributed by atoms with E-state index in [1.807, 2.05) is 51.1 Å². The molecule has 0 bridgehead atoms. The second kappa shape index (κ2) is 16.6. The van der Waals surface area contributed by atoms with Crippen LogP contribution in [0, 0.1) is 11.3 Å². The smallest absolute Gasteiger partial charge is 0.262 e. The van der Waals surface area contributed by atoms with Crippen molar-refractivity contribution in [1.29, 1.82) is 5.26 Å². The predicted molar refractivity (Wildman–Crippen MR) is 202 cm³/mol. The fourth-order valence-corrected chi connectivity index (χ4v) is 6.43. The van der Waals surface area contributed by atoms with Gasteiger partial charge in [0.25, 0.3) is 11.8 Å². The molecule has 0 aliphatic carbocycles. The average Bonchev–Trinajstić information content (AvgIpc) is 3.44. The Morgan fingerprint density at radius 3 is 2.55 bits per heavy atom. The topological polar surface area (TPSA) is 176 Å². The van der Waals surface area contributed by atoms with Crippen LogP contribution in [0.2, 0.25) is 5.02 Å². The lowest BCUT2D eigenvalue weighted by Gasteiger charge is -2.29. The number of amides is 4. The van der Waals surface area contributed by atoms with Crippen LogP contribution in [-0.4, -0.2) is 53.6 Å². The number of nitrogens with one attached hydrogen (secondary N) is 2. The van der Waals surface area contributed by atoms with E-state index in [0.29, 0.717) is 35.0 Å². The molecule has 0 saturated carbocycles. The zero-order valence-electron chi connectivity index (χ0n) is 30.0. The number of rotatable bonds is 13. The van der Waals surface area contributed by atoms with Crippen LogP contribution in [-0.2, 0) is 26.3 Å². The summed E-state index contributed by atoms with van der Waals surface area (Å²) in [4.78, 5) is 55.3. The number of benzene rings is 3. The maximum atomic E-state index is 13.0. The number of ether oxygens (including phenoxy) is 2. The number of carbonyl (C=O) groups excluding carboxylic acids is 4. The van der Waals surface area contributed by atoms with Gasteiger partial charge in [-0.1, -0.05) is 50.6 Å². The fourth-order valence-electron chi connectivity index (χ4n) is 6.16. The summed E-state index contributed by atoms with van der Waals surface area (Å²) in [7, 11) is 0. The third kappa shape index (κ3) is 9.12. The lowest BCUT2D eigenvalue weighted by molar-refractivity contribution is -0.137. The third-order valence-electron chi connectivity index (χ3n) is 9.06. The first-order valence-electron chi connectivity index (χ1n) is 17.1. The average molecular weight is 737 g/mol. The zero-order valence-corrected chi connectivity index (χ0v) is 30.8. The number of halogens is 1. The highest BCUT2D eigenvalue weighted by Crippen LogP contribution is 2.39. The number of fused-ring (bicyclic) bond motifs is 1. The molecule has 1 fully saturated rings. The summed E-state index contributed by atoms with van der Waals surface area (Å²) in [5.74, 6) is -0.414. The van der Waals surface area contributed by atoms with Gasteiger partial charge in [0, 0.05) is 35.8 Å². The van der Waals surface area contributed by atoms with Gasteiger partial charge in [0.15, 0.2) is 12.4 Å². The summed E-state index contributed by atoms with van der Waals surface area (Å²) < 4.78 is 11.8. The Morgan fingerprint density at radius 2 is 1.87 bits per heavy atom. The van der Waals surface area contributed by atoms with E-state index in [1.54, 1.807) is 43.5 Å². The number of piperidine rings is 1. The van der Waals surface area contributed by atoms with Crippen LogP contribution in [0.15, 0.2) is 83.5 Å². The van der Waals surface area contributed by atoms with Crippen molar-refractivity contribution in [2.45, 2.75) is 65.0 Å². The predicted octanol–water partition coefficient (Wildman–Crippen LogP) is 5.92. The van der Waals surface area contributed by atoms with Crippen LogP contribution >= 0.6 is 11.6 Å². The Labute approximate surface area is 313 Å². The molecule has 1 atom stereocenters. The molecular weight excluding hydrogens is 696 g/mol. The first-order valence-corrected chi connectivity index (χ1v) is 17.5. The maximum absolute atomic E-state index is 13.0. The van der Waals surface area contributed by atoms with Crippen molar-refractivity contribution in [2.75, 3.05) is 18.5 Å². The Hall–Kier alpha value is -5.93. The van der Waals surface area contributed by atoms with Gasteiger partial charge >= 0.3 is 0 Å². The summed E-state index contributed by atoms with van der Waals surface area (Å²) in [5, 5.41) is 15.2. The lowest BCUT2D eigenvalue weighted by Crippen LogP contribution is -2.52. The molecule has 4 N–H and O–H groups in total. The molecule has 1 unspecified atom stereocenters. The molecule has 4 amide bonds. The minimum Gasteiger partial charge on any atom is -0.489 e. The standard InChI is InChI=1S/C40H41ClN6O6/c1-5-6-25(15-16-44-24(2)43)22-52-31-10-7-28(8-11-31)40(3,4)29-17-26(20-42)37(33(41)19-29)53-23-36(49)45-30-9-12-32-27(18-30)21-47(39(32)51)34-13-14-35(48)46-38(34)50/h6-12,15-19,34H,5,13-14,21-23H2,1-4H3,(H2,43,44)(H,45,49)(H,46,48,50)/b16-15-,25-6-. The number of nitrogens with zero attached hydrogens (tertiary/aromatic N) is 3. The summed E-state index contributed by atoms with van der Waals surface area (Å²) in [6.07, 6.45) is 6.84. The number of carbonyl (C=O) groups is 4. The summed E-state index contributed by atoms with van der Waals surface area (Å²) in [6.45, 7) is 7.92. The van der Waals surface area contributed by atoms with Crippen molar-refractivity contribution in [3.63, 3.8) is 0 Å². The van der Waals surface area contributed by atoms with Gasteiger partial charge < -0.3 is 25.4 Å². The van der Waals surface area contributed by atoms with E-state index in [4.69, 9.17) is 26.8 Å². The molecule has 3 aromatic rings. The van der Waals surface area contributed by atoms with Crippen molar-refractivity contribution in [3.05, 3.63) is 111 Å². The largest absolute Gasteiger partial charge is 0.489 e. The van der Waals surface area contributed by atoms with Crippen molar-refractivity contribution in [3.8, 4) is 17.6 Å². The van der Waals surface area contributed by atoms with E-state index in [1.165, 1.54) is 4.90 Å².